The number of halogens is 1. The van der Waals surface area contributed by atoms with Crippen LogP contribution in [0.5, 0.6) is 5.88 Å². The average molecular weight is 338 g/mol. The molecule has 1 aromatic heterocycles. The van der Waals surface area contributed by atoms with E-state index in [1.165, 1.54) is 7.11 Å². The van der Waals surface area contributed by atoms with E-state index in [0.717, 1.165) is 5.69 Å². The molecule has 2 aromatic rings. The Kier molecular flexibility index (Phi) is 6.02. The van der Waals surface area contributed by atoms with Gasteiger partial charge in [0.15, 0.2) is 0 Å². The second-order valence-corrected chi connectivity index (χ2v) is 4.83. The zero-order valence-corrected chi connectivity index (χ0v) is 13.4. The van der Waals surface area contributed by atoms with Crippen molar-refractivity contribution in [2.24, 2.45) is 0 Å². The molecule has 0 atom stereocenters. The summed E-state index contributed by atoms with van der Waals surface area (Å²) in [5, 5.41) is 4.94. The number of aromatic nitrogens is 2. The van der Waals surface area contributed by atoms with Crippen LogP contribution < -0.4 is 10.2 Å². The maximum atomic E-state index is 11.1. The van der Waals surface area contributed by atoms with Gasteiger partial charge in [0.1, 0.15) is 12.4 Å². The summed E-state index contributed by atoms with van der Waals surface area (Å²) in [4.78, 5) is 15.5. The van der Waals surface area contributed by atoms with Crippen LogP contribution in [-0.4, -0.2) is 29.6 Å². The van der Waals surface area contributed by atoms with Crippen LogP contribution in [0.1, 0.15) is 6.92 Å². The number of hydrogen-bond donors (Lipinski definition) is 1. The molecule has 0 aliphatic rings. The molecule has 0 saturated heterocycles. The molecule has 0 saturated carbocycles. The first-order chi connectivity index (χ1) is 11.1. The van der Waals surface area contributed by atoms with E-state index in [0.29, 0.717) is 16.7 Å². The quantitative estimate of drug-likeness (QED) is 0.647. The maximum Gasteiger partial charge on any atom is 0.436 e. The Labute approximate surface area is 138 Å². The first kappa shape index (κ1) is 16.9. The Morgan fingerprint density at radius 1 is 1.35 bits per heavy atom. The minimum atomic E-state index is -0.701. The molecule has 1 aromatic carbocycles. The topological polar surface area (TPSA) is 74.6 Å². The largest absolute Gasteiger partial charge is 0.472 e. The number of hydroxylamine groups is 1. The van der Waals surface area contributed by atoms with Crippen molar-refractivity contribution in [2.75, 3.05) is 13.7 Å². The highest BCUT2D eigenvalue weighted by Crippen LogP contribution is 2.15. The van der Waals surface area contributed by atoms with Gasteiger partial charge in [-0.3, -0.25) is 4.84 Å². The highest BCUT2D eigenvalue weighted by Gasteiger charge is 2.03. The fourth-order valence-corrected chi connectivity index (χ4v) is 1.78. The van der Waals surface area contributed by atoms with Gasteiger partial charge in [-0.05, 0) is 37.3 Å². The van der Waals surface area contributed by atoms with Crippen LogP contribution in [0, 0.1) is 0 Å². The molecule has 1 heterocycles. The van der Waals surface area contributed by atoms with Crippen molar-refractivity contribution < 1.29 is 19.1 Å². The number of ether oxygens (including phenoxy) is 2. The van der Waals surface area contributed by atoms with Crippen LogP contribution >= 0.6 is 11.6 Å². The smallest absolute Gasteiger partial charge is 0.436 e. The third-order valence-corrected chi connectivity index (χ3v) is 2.95. The third-order valence-electron chi connectivity index (χ3n) is 2.70. The SMILES string of the molecule is CONC(=O)O/C(C)=C\COc1ccn(-c2ccc(Cl)cc2)n1. The van der Waals surface area contributed by atoms with Crippen molar-refractivity contribution in [2.45, 2.75) is 6.92 Å². The summed E-state index contributed by atoms with van der Waals surface area (Å²) in [6, 6.07) is 9.01. The van der Waals surface area contributed by atoms with Gasteiger partial charge in [-0.1, -0.05) is 11.6 Å². The van der Waals surface area contributed by atoms with Crippen LogP contribution in [-0.2, 0) is 9.57 Å². The highest BCUT2D eigenvalue weighted by molar-refractivity contribution is 6.30. The zero-order valence-electron chi connectivity index (χ0n) is 12.7. The van der Waals surface area contributed by atoms with Gasteiger partial charge in [-0.25, -0.2) is 9.48 Å². The van der Waals surface area contributed by atoms with Crippen molar-refractivity contribution in [1.82, 2.24) is 15.3 Å². The van der Waals surface area contributed by atoms with Gasteiger partial charge in [-0.15, -0.1) is 5.10 Å². The summed E-state index contributed by atoms with van der Waals surface area (Å²) in [5.74, 6) is 0.835. The number of amides is 1. The van der Waals surface area contributed by atoms with Gasteiger partial charge < -0.3 is 9.47 Å². The summed E-state index contributed by atoms with van der Waals surface area (Å²) in [7, 11) is 1.32. The molecular weight excluding hydrogens is 322 g/mol. The lowest BCUT2D eigenvalue weighted by Gasteiger charge is -2.05. The first-order valence-electron chi connectivity index (χ1n) is 6.70. The number of rotatable bonds is 6. The highest BCUT2D eigenvalue weighted by atomic mass is 35.5. The van der Waals surface area contributed by atoms with E-state index in [1.54, 1.807) is 42.1 Å². The summed E-state index contributed by atoms with van der Waals surface area (Å²) in [6.45, 7) is 1.84. The molecule has 0 fully saturated rings. The van der Waals surface area contributed by atoms with Crippen molar-refractivity contribution in [3.63, 3.8) is 0 Å². The predicted octanol–water partition coefficient (Wildman–Crippen LogP) is 3.10. The zero-order chi connectivity index (χ0) is 16.7. The molecule has 23 heavy (non-hydrogen) atoms. The van der Waals surface area contributed by atoms with E-state index in [4.69, 9.17) is 21.1 Å². The summed E-state index contributed by atoms with van der Waals surface area (Å²) < 4.78 is 12.0. The maximum absolute atomic E-state index is 11.1. The number of allylic oxidation sites excluding steroid dienone is 1. The Morgan fingerprint density at radius 3 is 2.78 bits per heavy atom. The fourth-order valence-electron chi connectivity index (χ4n) is 1.66. The lowest BCUT2D eigenvalue weighted by atomic mass is 10.3. The number of nitrogens with one attached hydrogen (secondary N) is 1. The molecule has 1 N–H and O–H groups in total. The van der Waals surface area contributed by atoms with E-state index in [-0.39, 0.29) is 6.61 Å². The molecule has 122 valence electrons. The lowest BCUT2D eigenvalue weighted by Crippen LogP contribution is -2.22. The normalized spacial score (nSPS) is 11.2. The Morgan fingerprint density at radius 2 is 2.09 bits per heavy atom. The van der Waals surface area contributed by atoms with E-state index >= 15 is 0 Å². The van der Waals surface area contributed by atoms with E-state index in [1.807, 2.05) is 17.6 Å². The van der Waals surface area contributed by atoms with Gasteiger partial charge in [-0.2, -0.15) is 5.48 Å². The van der Waals surface area contributed by atoms with Gasteiger partial charge in [0, 0.05) is 17.3 Å². The minimum absolute atomic E-state index is 0.212. The number of nitrogens with zero attached hydrogens (tertiary/aromatic N) is 2. The van der Waals surface area contributed by atoms with Crippen LogP contribution in [0.4, 0.5) is 4.79 Å². The molecule has 7 nitrogen and oxygen atoms in total. The summed E-state index contributed by atoms with van der Waals surface area (Å²) >= 11 is 5.85. The average Bonchev–Trinajstić information content (AvgIpc) is 2.97. The van der Waals surface area contributed by atoms with E-state index in [2.05, 4.69) is 9.94 Å². The summed E-state index contributed by atoms with van der Waals surface area (Å²) in [5.41, 5.74) is 2.91. The standard InChI is InChI=1S/C15H16ClN3O4/c1-11(23-15(20)18-21-2)8-10-22-14-7-9-19(17-14)13-5-3-12(16)4-6-13/h3-9H,10H2,1-2H3,(H,18,20)/b11-8-. The van der Waals surface area contributed by atoms with E-state index < -0.39 is 6.09 Å². The number of benzene rings is 1. The predicted molar refractivity (Wildman–Crippen MR) is 84.5 cm³/mol. The monoisotopic (exact) mass is 337 g/mol. The first-order valence-corrected chi connectivity index (χ1v) is 7.08. The number of hydrogen-bond acceptors (Lipinski definition) is 5. The minimum Gasteiger partial charge on any atom is -0.472 e. The second-order valence-electron chi connectivity index (χ2n) is 4.40. The molecule has 0 aliphatic carbocycles. The Balaban J connectivity index is 1.87. The van der Waals surface area contributed by atoms with E-state index in [9.17, 15) is 4.79 Å². The number of carbonyl (C=O) groups excluding carboxylic acids is 1. The van der Waals surface area contributed by atoms with Crippen LogP contribution in [0.3, 0.4) is 0 Å². The molecule has 8 heteroatoms. The lowest BCUT2D eigenvalue weighted by molar-refractivity contribution is 0.0722. The summed E-state index contributed by atoms with van der Waals surface area (Å²) in [6.07, 6.45) is 2.68. The molecule has 0 bridgehead atoms. The molecule has 1 amide bonds. The molecule has 0 unspecified atom stereocenters. The molecular formula is C15H16ClN3O4. The van der Waals surface area contributed by atoms with Crippen LogP contribution in [0.25, 0.3) is 5.69 Å². The van der Waals surface area contributed by atoms with Crippen molar-refractivity contribution >= 4 is 17.7 Å². The van der Waals surface area contributed by atoms with Gasteiger partial charge in [0.2, 0.25) is 5.88 Å². The van der Waals surface area contributed by atoms with Gasteiger partial charge in [0.05, 0.1) is 12.8 Å². The molecule has 2 rings (SSSR count). The van der Waals surface area contributed by atoms with Crippen LogP contribution in [0.15, 0.2) is 48.4 Å². The Hall–Kier alpha value is -2.51. The number of carbonyl (C=O) groups is 1. The van der Waals surface area contributed by atoms with Gasteiger partial charge >= 0.3 is 6.09 Å². The Bertz CT molecular complexity index is 682. The van der Waals surface area contributed by atoms with Crippen molar-refractivity contribution in [1.29, 1.82) is 0 Å². The van der Waals surface area contributed by atoms with Crippen molar-refractivity contribution in [3.05, 3.63) is 53.4 Å². The molecule has 0 spiro atoms. The fraction of sp³-hybridized carbons (Fsp3) is 0.200. The second kappa shape index (κ2) is 8.21. The van der Waals surface area contributed by atoms with Crippen molar-refractivity contribution in [3.8, 4) is 11.6 Å². The van der Waals surface area contributed by atoms with Crippen LogP contribution in [0.2, 0.25) is 5.02 Å². The molecule has 0 aliphatic heterocycles. The molecule has 0 radical (unpaired) electrons. The third kappa shape index (κ3) is 5.32. The van der Waals surface area contributed by atoms with Gasteiger partial charge in [0.25, 0.3) is 0 Å².